The number of hydrogen-bond donors (Lipinski definition) is 0. The van der Waals surface area contributed by atoms with Crippen LogP contribution in [-0.4, -0.2) is 15.0 Å². The van der Waals surface area contributed by atoms with Crippen LogP contribution in [0.3, 0.4) is 0 Å². The summed E-state index contributed by atoms with van der Waals surface area (Å²) < 4.78 is 13.3. The Kier molecular flexibility index (Phi) is 5.05. The number of furan rings is 1. The van der Waals surface area contributed by atoms with E-state index in [1.54, 1.807) is 0 Å². The van der Waals surface area contributed by atoms with Crippen LogP contribution in [0, 0.1) is 0 Å². The second-order valence-corrected chi connectivity index (χ2v) is 12.3. The molecule has 0 bridgehead atoms. The van der Waals surface area contributed by atoms with Crippen molar-refractivity contribution in [3.05, 3.63) is 140 Å². The molecule has 5 heteroatoms. The highest BCUT2D eigenvalue weighted by molar-refractivity contribution is 6.26. The topological polar surface area (TPSA) is 61.0 Å². The normalized spacial score (nSPS) is 12.3. The van der Waals surface area contributed by atoms with Crippen molar-refractivity contribution in [2.45, 2.75) is 0 Å². The van der Waals surface area contributed by atoms with Gasteiger partial charge in [0.1, 0.15) is 22.7 Å². The van der Waals surface area contributed by atoms with Crippen molar-refractivity contribution in [1.29, 1.82) is 0 Å². The summed E-state index contributed by atoms with van der Waals surface area (Å²) in [6.07, 6.45) is 0. The van der Waals surface area contributed by atoms with Gasteiger partial charge < -0.3 is 9.15 Å². The number of hydrogen-bond acceptors (Lipinski definition) is 5. The largest absolute Gasteiger partial charge is 0.455 e. The summed E-state index contributed by atoms with van der Waals surface area (Å²) >= 11 is 0. The first-order valence-corrected chi connectivity index (χ1v) is 16.0. The van der Waals surface area contributed by atoms with Gasteiger partial charge in [-0.2, -0.15) is 0 Å². The van der Waals surface area contributed by atoms with E-state index in [-0.39, 0.29) is 0 Å². The molecule has 0 saturated heterocycles. The fraction of sp³-hybridized carbons (Fsp3) is 0. The van der Waals surface area contributed by atoms with E-state index >= 15 is 0 Å². The Balaban J connectivity index is 1.23. The Bertz CT molecular complexity index is 2980. The molecule has 8 aromatic carbocycles. The number of ether oxygens (including phenoxy) is 1. The molecule has 0 fully saturated rings. The van der Waals surface area contributed by atoms with Crippen molar-refractivity contribution in [2.24, 2.45) is 0 Å². The zero-order valence-electron chi connectivity index (χ0n) is 25.4. The fourth-order valence-corrected chi connectivity index (χ4v) is 7.49. The van der Waals surface area contributed by atoms with Gasteiger partial charge in [-0.3, -0.25) is 0 Å². The predicted molar refractivity (Wildman–Crippen MR) is 194 cm³/mol. The minimum Gasteiger partial charge on any atom is -0.455 e. The van der Waals surface area contributed by atoms with Crippen molar-refractivity contribution in [3.8, 4) is 45.7 Å². The fourth-order valence-electron chi connectivity index (χ4n) is 7.49. The lowest BCUT2D eigenvalue weighted by atomic mass is 9.92. The molecule has 0 amide bonds. The highest BCUT2D eigenvalue weighted by atomic mass is 16.5. The van der Waals surface area contributed by atoms with Crippen molar-refractivity contribution in [3.63, 3.8) is 0 Å². The van der Waals surface area contributed by atoms with Crippen LogP contribution in [0.2, 0.25) is 0 Å². The van der Waals surface area contributed by atoms with E-state index in [1.807, 2.05) is 60.7 Å². The lowest BCUT2D eigenvalue weighted by Gasteiger charge is -2.22. The zero-order valence-corrected chi connectivity index (χ0v) is 25.4. The van der Waals surface area contributed by atoms with Crippen molar-refractivity contribution < 1.29 is 9.15 Å². The molecule has 5 nitrogen and oxygen atoms in total. The molecule has 10 aromatic rings. The van der Waals surface area contributed by atoms with E-state index in [0.29, 0.717) is 17.5 Å². The maximum absolute atomic E-state index is 6.81. The lowest BCUT2D eigenvalue weighted by molar-refractivity contribution is 0.494. The Hall–Kier alpha value is -6.59. The van der Waals surface area contributed by atoms with E-state index in [4.69, 9.17) is 24.1 Å². The molecule has 0 atom stereocenters. The van der Waals surface area contributed by atoms with Gasteiger partial charge in [-0.05, 0) is 45.8 Å². The summed E-state index contributed by atoms with van der Waals surface area (Å²) in [5.74, 6) is 3.31. The van der Waals surface area contributed by atoms with Crippen LogP contribution in [0.25, 0.3) is 99.2 Å². The molecule has 3 heterocycles. The summed E-state index contributed by atoms with van der Waals surface area (Å²) in [4.78, 5) is 15.5. The molecule has 11 rings (SSSR count). The van der Waals surface area contributed by atoms with Crippen LogP contribution < -0.4 is 4.74 Å². The van der Waals surface area contributed by atoms with Crippen molar-refractivity contribution in [2.75, 3.05) is 0 Å². The van der Waals surface area contributed by atoms with Crippen molar-refractivity contribution in [1.82, 2.24) is 15.0 Å². The highest BCUT2D eigenvalue weighted by Gasteiger charge is 2.25. The Morgan fingerprint density at radius 3 is 1.90 bits per heavy atom. The highest BCUT2D eigenvalue weighted by Crippen LogP contribution is 2.50. The number of benzene rings is 8. The van der Waals surface area contributed by atoms with Gasteiger partial charge in [-0.25, -0.2) is 15.0 Å². The van der Waals surface area contributed by atoms with Gasteiger partial charge in [0.25, 0.3) is 0 Å². The van der Waals surface area contributed by atoms with Gasteiger partial charge in [0.15, 0.2) is 17.5 Å². The quantitative estimate of drug-likeness (QED) is 0.186. The summed E-state index contributed by atoms with van der Waals surface area (Å²) in [7, 11) is 0. The third kappa shape index (κ3) is 3.53. The number of fused-ring (bicyclic) bond motifs is 5. The molecule has 0 spiro atoms. The van der Waals surface area contributed by atoms with Gasteiger partial charge >= 0.3 is 0 Å². The average Bonchev–Trinajstić information content (AvgIpc) is 3.54. The van der Waals surface area contributed by atoms with Crippen LogP contribution in [0.4, 0.5) is 0 Å². The third-order valence-electron chi connectivity index (χ3n) is 9.67. The van der Waals surface area contributed by atoms with Crippen LogP contribution in [0.15, 0.2) is 144 Å². The molecule has 48 heavy (non-hydrogen) atoms. The Morgan fingerprint density at radius 2 is 1.04 bits per heavy atom. The minimum absolute atomic E-state index is 0.549. The molecule has 1 aliphatic rings. The second kappa shape index (κ2) is 9.47. The van der Waals surface area contributed by atoms with Gasteiger partial charge in [0.05, 0.1) is 5.56 Å². The maximum atomic E-state index is 6.81. The standard InChI is InChI=1S/C43H23N3O2/c1-2-8-28(9-3-1)41-44-42(31-13-6-10-24-20-22-30-29-12-4-5-14-33(29)47-39(30)35(24)31)46-43(45-41)32-23-21-27-19-18-26-17-16-25-11-7-15-34-36(25)37(26)38(27)40(32)48-34/h1-23H. The summed E-state index contributed by atoms with van der Waals surface area (Å²) in [5, 5.41) is 11.0. The Labute approximate surface area is 273 Å². The SMILES string of the molecule is c1ccc(-c2nc(-c3ccc4ccc5ccc6cccc7c6c5c4c3O7)nc(-c3cccc4ccc5c6ccccc6oc5c34)n2)cc1. The van der Waals surface area contributed by atoms with Crippen LogP contribution in [0.5, 0.6) is 11.5 Å². The van der Waals surface area contributed by atoms with E-state index in [1.165, 1.54) is 10.8 Å². The smallest absolute Gasteiger partial charge is 0.167 e. The number of para-hydroxylation sites is 1. The van der Waals surface area contributed by atoms with Gasteiger partial charge in [-0.15, -0.1) is 0 Å². The van der Waals surface area contributed by atoms with Gasteiger partial charge in [-0.1, -0.05) is 115 Å². The van der Waals surface area contributed by atoms with Gasteiger partial charge in [0, 0.05) is 43.4 Å². The van der Waals surface area contributed by atoms with Crippen molar-refractivity contribution >= 4 is 65.0 Å². The Morgan fingerprint density at radius 1 is 0.396 bits per heavy atom. The van der Waals surface area contributed by atoms with Crippen LogP contribution >= 0.6 is 0 Å². The van der Waals surface area contributed by atoms with E-state index in [2.05, 4.69) is 78.9 Å². The molecule has 0 unspecified atom stereocenters. The summed E-state index contributed by atoms with van der Waals surface area (Å²) in [6.45, 7) is 0. The molecular formula is C43H23N3O2. The number of rotatable bonds is 3. The first kappa shape index (κ1) is 25.6. The molecular weight excluding hydrogens is 590 g/mol. The van der Waals surface area contributed by atoms with Crippen LogP contribution in [0.1, 0.15) is 0 Å². The molecule has 0 N–H and O–H groups in total. The summed E-state index contributed by atoms with van der Waals surface area (Å²) in [6, 6.07) is 47.9. The number of aromatic nitrogens is 3. The lowest BCUT2D eigenvalue weighted by Crippen LogP contribution is -2.03. The molecule has 1 aliphatic heterocycles. The van der Waals surface area contributed by atoms with Gasteiger partial charge in [0.2, 0.25) is 0 Å². The first-order valence-electron chi connectivity index (χ1n) is 16.0. The second-order valence-electron chi connectivity index (χ2n) is 12.3. The molecule has 222 valence electrons. The summed E-state index contributed by atoms with van der Waals surface area (Å²) in [5.41, 5.74) is 4.28. The molecule has 0 saturated carbocycles. The monoisotopic (exact) mass is 613 g/mol. The van der Waals surface area contributed by atoms with Crippen LogP contribution in [-0.2, 0) is 0 Å². The minimum atomic E-state index is 0.549. The molecule has 0 radical (unpaired) electrons. The maximum Gasteiger partial charge on any atom is 0.167 e. The molecule has 2 aromatic heterocycles. The van der Waals surface area contributed by atoms with E-state index in [0.717, 1.165) is 82.4 Å². The number of nitrogens with zero attached hydrogens (tertiary/aromatic N) is 3. The predicted octanol–water partition coefficient (Wildman–Crippen LogP) is 11.5. The first-order chi connectivity index (χ1) is 23.8. The molecule has 0 aliphatic carbocycles. The third-order valence-corrected chi connectivity index (χ3v) is 9.67. The van der Waals surface area contributed by atoms with E-state index in [9.17, 15) is 0 Å². The van der Waals surface area contributed by atoms with E-state index < -0.39 is 0 Å². The zero-order chi connectivity index (χ0) is 31.3. The average molecular weight is 614 g/mol.